The van der Waals surface area contributed by atoms with Crippen LogP contribution in [0.2, 0.25) is 0 Å². The Bertz CT molecular complexity index is 355. The molecule has 1 unspecified atom stereocenters. The third kappa shape index (κ3) is 8.34. The highest BCUT2D eigenvalue weighted by atomic mass is 15.1. The minimum Gasteiger partial charge on any atom is -0.375 e. The monoisotopic (exact) mass is 293 g/mol. The van der Waals surface area contributed by atoms with E-state index < -0.39 is 0 Å². The molecule has 0 N–H and O–H groups in total. The maximum Gasteiger partial charge on any atom is 0.0342 e. The van der Waals surface area contributed by atoms with Crippen LogP contribution in [0.1, 0.15) is 81.1 Å². The van der Waals surface area contributed by atoms with Crippen LogP contribution in [0.3, 0.4) is 0 Å². The molecule has 0 amide bonds. The van der Waals surface area contributed by atoms with Gasteiger partial charge in [0.15, 0.2) is 0 Å². The SMILES string of the molecule is C=C(CC(C)CCC)/C(C)=C/N(C)C(C)(C)CC(C)(C)C. The fourth-order valence-electron chi connectivity index (χ4n) is 3.16. The van der Waals surface area contributed by atoms with Gasteiger partial charge in [-0.05, 0) is 50.5 Å². The molecule has 0 heterocycles. The Morgan fingerprint density at radius 1 is 1.19 bits per heavy atom. The Labute approximate surface area is 134 Å². The van der Waals surface area contributed by atoms with Gasteiger partial charge in [0.2, 0.25) is 0 Å². The van der Waals surface area contributed by atoms with Crippen molar-refractivity contribution in [2.24, 2.45) is 11.3 Å². The van der Waals surface area contributed by atoms with E-state index in [0.29, 0.717) is 5.41 Å². The molecule has 0 spiro atoms. The maximum atomic E-state index is 4.29. The summed E-state index contributed by atoms with van der Waals surface area (Å²) in [6.07, 6.45) is 7.11. The van der Waals surface area contributed by atoms with Crippen molar-refractivity contribution in [1.29, 1.82) is 0 Å². The summed E-state index contributed by atoms with van der Waals surface area (Å²) < 4.78 is 0. The molecule has 0 aromatic rings. The van der Waals surface area contributed by atoms with E-state index in [1.165, 1.54) is 30.4 Å². The van der Waals surface area contributed by atoms with Crippen LogP contribution in [-0.4, -0.2) is 17.5 Å². The predicted octanol–water partition coefficient (Wildman–Crippen LogP) is 6.42. The normalized spacial score (nSPS) is 15.0. The molecule has 0 saturated carbocycles. The lowest BCUT2D eigenvalue weighted by atomic mass is 9.81. The van der Waals surface area contributed by atoms with Gasteiger partial charge < -0.3 is 4.90 Å². The molecule has 1 nitrogen and oxygen atoms in total. The number of hydrogen-bond donors (Lipinski definition) is 0. The van der Waals surface area contributed by atoms with E-state index in [0.717, 1.165) is 12.3 Å². The van der Waals surface area contributed by atoms with E-state index in [1.54, 1.807) is 0 Å². The van der Waals surface area contributed by atoms with Crippen molar-refractivity contribution < 1.29 is 0 Å². The van der Waals surface area contributed by atoms with Gasteiger partial charge in [-0.15, -0.1) is 0 Å². The zero-order chi connectivity index (χ0) is 16.8. The van der Waals surface area contributed by atoms with Gasteiger partial charge in [0.1, 0.15) is 0 Å². The number of rotatable bonds is 8. The van der Waals surface area contributed by atoms with Crippen LogP contribution < -0.4 is 0 Å². The van der Waals surface area contributed by atoms with Gasteiger partial charge in [0.05, 0.1) is 0 Å². The first-order valence-corrected chi connectivity index (χ1v) is 8.48. The highest BCUT2D eigenvalue weighted by molar-refractivity contribution is 5.26. The van der Waals surface area contributed by atoms with Gasteiger partial charge in [0, 0.05) is 18.8 Å². The number of hydrogen-bond acceptors (Lipinski definition) is 1. The van der Waals surface area contributed by atoms with Crippen molar-refractivity contribution in [3.05, 3.63) is 23.9 Å². The summed E-state index contributed by atoms with van der Waals surface area (Å²) in [7, 11) is 2.19. The first-order chi connectivity index (χ1) is 9.39. The summed E-state index contributed by atoms with van der Waals surface area (Å²) >= 11 is 0. The molecular formula is C20H39N. The largest absolute Gasteiger partial charge is 0.375 e. The van der Waals surface area contributed by atoms with E-state index in [1.807, 2.05) is 0 Å². The number of nitrogens with zero attached hydrogens (tertiary/aromatic N) is 1. The molecular weight excluding hydrogens is 254 g/mol. The highest BCUT2D eigenvalue weighted by Gasteiger charge is 2.28. The Morgan fingerprint density at radius 3 is 2.14 bits per heavy atom. The zero-order valence-electron chi connectivity index (χ0n) is 16.1. The minimum atomic E-state index is 0.162. The molecule has 0 aliphatic rings. The van der Waals surface area contributed by atoms with Gasteiger partial charge >= 0.3 is 0 Å². The second-order valence-electron chi connectivity index (χ2n) is 8.67. The summed E-state index contributed by atoms with van der Waals surface area (Å²) in [5.74, 6) is 0.735. The molecule has 21 heavy (non-hydrogen) atoms. The minimum absolute atomic E-state index is 0.162. The summed E-state index contributed by atoms with van der Waals surface area (Å²) in [6, 6.07) is 0. The lowest BCUT2D eigenvalue weighted by molar-refractivity contribution is 0.148. The van der Waals surface area contributed by atoms with Gasteiger partial charge in [0.25, 0.3) is 0 Å². The van der Waals surface area contributed by atoms with Gasteiger partial charge in [-0.1, -0.05) is 59.6 Å². The van der Waals surface area contributed by atoms with Crippen LogP contribution in [0.4, 0.5) is 0 Å². The second kappa shape index (κ2) is 8.06. The summed E-state index contributed by atoms with van der Waals surface area (Å²) in [6.45, 7) is 22.7. The van der Waals surface area contributed by atoms with Crippen molar-refractivity contribution in [2.75, 3.05) is 7.05 Å². The topological polar surface area (TPSA) is 3.24 Å². The maximum absolute atomic E-state index is 4.29. The molecule has 1 atom stereocenters. The van der Waals surface area contributed by atoms with Crippen molar-refractivity contribution in [2.45, 2.75) is 86.6 Å². The third-order valence-corrected chi connectivity index (χ3v) is 4.24. The smallest absolute Gasteiger partial charge is 0.0342 e. The van der Waals surface area contributed by atoms with E-state index >= 15 is 0 Å². The summed E-state index contributed by atoms with van der Waals surface area (Å²) in [4.78, 5) is 2.36. The molecule has 0 aromatic carbocycles. The van der Waals surface area contributed by atoms with Crippen LogP contribution in [0.25, 0.3) is 0 Å². The Kier molecular flexibility index (Phi) is 7.78. The standard InChI is InChI=1S/C20H39N/c1-11-12-16(2)13-17(3)18(4)14-21(10)20(8,9)15-19(5,6)7/h14,16H,3,11-13,15H2,1-2,4-10H3/b18-14+. The molecule has 0 aliphatic heterocycles. The summed E-state index contributed by atoms with van der Waals surface area (Å²) in [5, 5.41) is 0. The Hall–Kier alpha value is -0.720. The van der Waals surface area contributed by atoms with Crippen LogP contribution in [0.5, 0.6) is 0 Å². The zero-order valence-corrected chi connectivity index (χ0v) is 16.1. The van der Waals surface area contributed by atoms with E-state index in [4.69, 9.17) is 0 Å². The first kappa shape index (κ1) is 20.3. The molecule has 0 radical (unpaired) electrons. The molecule has 0 rings (SSSR count). The van der Waals surface area contributed by atoms with Crippen LogP contribution >= 0.6 is 0 Å². The lowest BCUT2D eigenvalue weighted by Crippen LogP contribution is -2.40. The van der Waals surface area contributed by atoms with Crippen molar-refractivity contribution >= 4 is 0 Å². The van der Waals surface area contributed by atoms with Crippen molar-refractivity contribution in [3.8, 4) is 0 Å². The quantitative estimate of drug-likeness (QED) is 0.467. The Morgan fingerprint density at radius 2 is 1.71 bits per heavy atom. The molecule has 0 aliphatic carbocycles. The fraction of sp³-hybridized carbons (Fsp3) is 0.800. The molecule has 124 valence electrons. The Balaban J connectivity index is 4.77. The predicted molar refractivity (Wildman–Crippen MR) is 97.5 cm³/mol. The van der Waals surface area contributed by atoms with Crippen molar-refractivity contribution in [3.63, 3.8) is 0 Å². The van der Waals surface area contributed by atoms with Gasteiger partial charge in [-0.3, -0.25) is 0 Å². The molecule has 0 aromatic heterocycles. The molecule has 0 saturated heterocycles. The fourth-order valence-corrected chi connectivity index (χ4v) is 3.16. The average molecular weight is 294 g/mol. The summed E-state index contributed by atoms with van der Waals surface area (Å²) in [5.41, 5.74) is 3.11. The molecule has 0 bridgehead atoms. The first-order valence-electron chi connectivity index (χ1n) is 8.48. The van der Waals surface area contributed by atoms with Gasteiger partial charge in [-0.2, -0.15) is 0 Å². The van der Waals surface area contributed by atoms with Crippen molar-refractivity contribution in [1.82, 2.24) is 4.90 Å². The van der Waals surface area contributed by atoms with Crippen LogP contribution in [0, 0.1) is 11.3 Å². The van der Waals surface area contributed by atoms with Crippen LogP contribution in [0.15, 0.2) is 23.9 Å². The highest BCUT2D eigenvalue weighted by Crippen LogP contribution is 2.31. The van der Waals surface area contributed by atoms with E-state index in [9.17, 15) is 0 Å². The van der Waals surface area contributed by atoms with E-state index in [-0.39, 0.29) is 5.54 Å². The third-order valence-electron chi connectivity index (χ3n) is 4.24. The second-order valence-corrected chi connectivity index (χ2v) is 8.67. The van der Waals surface area contributed by atoms with Gasteiger partial charge in [-0.25, -0.2) is 0 Å². The average Bonchev–Trinajstić information content (AvgIpc) is 2.25. The van der Waals surface area contributed by atoms with E-state index in [2.05, 4.69) is 80.1 Å². The molecule has 1 heteroatoms. The number of allylic oxidation sites excluding steroid dienone is 2. The van der Waals surface area contributed by atoms with Crippen LogP contribution in [-0.2, 0) is 0 Å². The lowest BCUT2D eigenvalue weighted by Gasteiger charge is -2.40. The molecule has 0 fully saturated rings.